The van der Waals surface area contributed by atoms with E-state index >= 15 is 0 Å². The van der Waals surface area contributed by atoms with Crippen LogP contribution in [0.25, 0.3) is 16.9 Å². The van der Waals surface area contributed by atoms with Crippen LogP contribution in [-0.2, 0) is 0 Å². The fraction of sp³-hybridized carbons (Fsp3) is 0.0625. The van der Waals surface area contributed by atoms with Gasteiger partial charge in [-0.1, -0.05) is 28.1 Å². The standard InChI is InChI=1S/C16H14BrN3O/c1-21-15-5-3-2-4-13(15)16-14(18)10-20(19-16)12-8-6-11(17)7-9-12/h2-10H,18H2,1H3. The molecule has 21 heavy (non-hydrogen) atoms. The molecule has 106 valence electrons. The monoisotopic (exact) mass is 343 g/mol. The molecule has 0 atom stereocenters. The molecule has 0 saturated carbocycles. The van der Waals surface area contributed by atoms with Crippen LogP contribution in [0.4, 0.5) is 5.69 Å². The Kier molecular flexibility index (Phi) is 3.66. The maximum absolute atomic E-state index is 6.12. The molecule has 2 N–H and O–H groups in total. The molecule has 0 saturated heterocycles. The topological polar surface area (TPSA) is 53.1 Å². The van der Waals surface area contributed by atoms with Crippen molar-refractivity contribution in [2.75, 3.05) is 12.8 Å². The van der Waals surface area contributed by atoms with Gasteiger partial charge in [-0.25, -0.2) is 4.68 Å². The third-order valence-electron chi connectivity index (χ3n) is 3.20. The third-order valence-corrected chi connectivity index (χ3v) is 3.72. The maximum atomic E-state index is 6.12. The summed E-state index contributed by atoms with van der Waals surface area (Å²) in [7, 11) is 1.64. The van der Waals surface area contributed by atoms with E-state index in [0.29, 0.717) is 5.69 Å². The highest BCUT2D eigenvalue weighted by Gasteiger charge is 2.13. The highest BCUT2D eigenvalue weighted by molar-refractivity contribution is 9.10. The number of benzene rings is 2. The molecule has 3 rings (SSSR count). The van der Waals surface area contributed by atoms with E-state index in [9.17, 15) is 0 Å². The maximum Gasteiger partial charge on any atom is 0.128 e. The Morgan fingerprint density at radius 2 is 1.81 bits per heavy atom. The number of para-hydroxylation sites is 1. The van der Waals surface area contributed by atoms with Crippen LogP contribution >= 0.6 is 15.9 Å². The van der Waals surface area contributed by atoms with Crippen LogP contribution in [0.5, 0.6) is 5.75 Å². The van der Waals surface area contributed by atoms with Crippen molar-refractivity contribution in [3.63, 3.8) is 0 Å². The van der Waals surface area contributed by atoms with Crippen LogP contribution in [0.3, 0.4) is 0 Å². The van der Waals surface area contributed by atoms with E-state index in [1.165, 1.54) is 0 Å². The number of methoxy groups -OCH3 is 1. The van der Waals surface area contributed by atoms with Gasteiger partial charge in [0.15, 0.2) is 0 Å². The second kappa shape index (κ2) is 5.61. The summed E-state index contributed by atoms with van der Waals surface area (Å²) in [5.41, 5.74) is 9.28. The number of aromatic nitrogens is 2. The van der Waals surface area contributed by atoms with Gasteiger partial charge in [0.25, 0.3) is 0 Å². The Balaban J connectivity index is 2.07. The van der Waals surface area contributed by atoms with E-state index < -0.39 is 0 Å². The van der Waals surface area contributed by atoms with E-state index in [4.69, 9.17) is 10.5 Å². The summed E-state index contributed by atoms with van der Waals surface area (Å²) in [6.45, 7) is 0. The van der Waals surface area contributed by atoms with E-state index in [1.54, 1.807) is 11.8 Å². The summed E-state index contributed by atoms with van der Waals surface area (Å²) in [6.07, 6.45) is 1.81. The van der Waals surface area contributed by atoms with Crippen molar-refractivity contribution in [2.24, 2.45) is 0 Å². The van der Waals surface area contributed by atoms with Crippen molar-refractivity contribution >= 4 is 21.6 Å². The Morgan fingerprint density at radius 3 is 2.52 bits per heavy atom. The van der Waals surface area contributed by atoms with Gasteiger partial charge in [0.05, 0.1) is 24.7 Å². The number of halogens is 1. The molecule has 4 nitrogen and oxygen atoms in total. The van der Waals surface area contributed by atoms with Gasteiger partial charge >= 0.3 is 0 Å². The molecule has 0 bridgehead atoms. The number of nitrogens with two attached hydrogens (primary N) is 1. The summed E-state index contributed by atoms with van der Waals surface area (Å²) in [6, 6.07) is 15.6. The number of hydrogen-bond donors (Lipinski definition) is 1. The first kappa shape index (κ1) is 13.7. The summed E-state index contributed by atoms with van der Waals surface area (Å²) in [5, 5.41) is 4.58. The SMILES string of the molecule is COc1ccccc1-c1nn(-c2ccc(Br)cc2)cc1N. The zero-order valence-corrected chi connectivity index (χ0v) is 13.0. The lowest BCUT2D eigenvalue weighted by Gasteiger charge is -2.06. The minimum atomic E-state index is 0.613. The number of ether oxygens (including phenoxy) is 1. The Labute approximate surface area is 131 Å². The van der Waals surface area contributed by atoms with Crippen LogP contribution in [-0.4, -0.2) is 16.9 Å². The Bertz CT molecular complexity index is 765. The first-order valence-corrected chi connectivity index (χ1v) is 7.23. The molecule has 1 aromatic heterocycles. The molecule has 5 heteroatoms. The lowest BCUT2D eigenvalue weighted by Crippen LogP contribution is -1.95. The molecular weight excluding hydrogens is 330 g/mol. The quantitative estimate of drug-likeness (QED) is 0.784. The number of anilines is 1. The van der Waals surface area contributed by atoms with Gasteiger partial charge in [-0.2, -0.15) is 5.10 Å². The van der Waals surface area contributed by atoms with Crippen LogP contribution in [0, 0.1) is 0 Å². The summed E-state index contributed by atoms with van der Waals surface area (Å²) in [4.78, 5) is 0. The van der Waals surface area contributed by atoms with Crippen molar-refractivity contribution in [1.82, 2.24) is 9.78 Å². The molecule has 0 aliphatic carbocycles. The van der Waals surface area contributed by atoms with Crippen LogP contribution < -0.4 is 10.5 Å². The normalized spacial score (nSPS) is 10.6. The van der Waals surface area contributed by atoms with Crippen molar-refractivity contribution in [3.8, 4) is 22.7 Å². The summed E-state index contributed by atoms with van der Waals surface area (Å²) in [5.74, 6) is 0.755. The smallest absolute Gasteiger partial charge is 0.128 e. The molecule has 2 aromatic carbocycles. The zero-order chi connectivity index (χ0) is 14.8. The van der Waals surface area contributed by atoms with Crippen molar-refractivity contribution in [1.29, 1.82) is 0 Å². The van der Waals surface area contributed by atoms with E-state index in [0.717, 1.165) is 27.2 Å². The largest absolute Gasteiger partial charge is 0.496 e. The van der Waals surface area contributed by atoms with Gasteiger partial charge in [-0.05, 0) is 36.4 Å². The molecule has 1 heterocycles. The minimum absolute atomic E-state index is 0.613. The second-order valence-electron chi connectivity index (χ2n) is 4.55. The highest BCUT2D eigenvalue weighted by atomic mass is 79.9. The summed E-state index contributed by atoms with van der Waals surface area (Å²) < 4.78 is 8.17. The lowest BCUT2D eigenvalue weighted by molar-refractivity contribution is 0.416. The van der Waals surface area contributed by atoms with E-state index in [-0.39, 0.29) is 0 Å². The predicted octanol–water partition coefficient (Wildman–Crippen LogP) is 3.89. The molecule has 0 radical (unpaired) electrons. The molecule has 0 unspecified atom stereocenters. The summed E-state index contributed by atoms with van der Waals surface area (Å²) >= 11 is 3.42. The minimum Gasteiger partial charge on any atom is -0.496 e. The number of nitrogen functional groups attached to an aromatic ring is 1. The molecule has 0 fully saturated rings. The third kappa shape index (κ3) is 2.64. The van der Waals surface area contributed by atoms with Crippen molar-refractivity contribution < 1.29 is 4.74 Å². The van der Waals surface area contributed by atoms with Gasteiger partial charge in [0.2, 0.25) is 0 Å². The molecule has 0 aliphatic rings. The fourth-order valence-corrected chi connectivity index (χ4v) is 2.43. The van der Waals surface area contributed by atoms with Gasteiger partial charge in [0, 0.05) is 10.0 Å². The second-order valence-corrected chi connectivity index (χ2v) is 5.47. The Hall–Kier alpha value is -2.27. The first-order chi connectivity index (χ1) is 10.2. The molecule has 0 aliphatic heterocycles. The van der Waals surface area contributed by atoms with Crippen LogP contribution in [0.1, 0.15) is 0 Å². The molecule has 3 aromatic rings. The fourth-order valence-electron chi connectivity index (χ4n) is 2.16. The average Bonchev–Trinajstić information content (AvgIpc) is 2.89. The molecule has 0 amide bonds. The highest BCUT2D eigenvalue weighted by Crippen LogP contribution is 2.32. The van der Waals surface area contributed by atoms with Crippen molar-refractivity contribution in [2.45, 2.75) is 0 Å². The van der Waals surface area contributed by atoms with Crippen LogP contribution in [0.15, 0.2) is 59.2 Å². The predicted molar refractivity (Wildman–Crippen MR) is 87.7 cm³/mol. The number of nitrogens with zero attached hydrogens (tertiary/aromatic N) is 2. The first-order valence-electron chi connectivity index (χ1n) is 6.43. The van der Waals surface area contributed by atoms with Crippen LogP contribution in [0.2, 0.25) is 0 Å². The lowest BCUT2D eigenvalue weighted by atomic mass is 10.1. The Morgan fingerprint density at radius 1 is 1.10 bits per heavy atom. The van der Waals surface area contributed by atoms with Crippen molar-refractivity contribution in [3.05, 3.63) is 59.2 Å². The van der Waals surface area contributed by atoms with Gasteiger partial charge < -0.3 is 10.5 Å². The molecule has 0 spiro atoms. The van der Waals surface area contributed by atoms with Gasteiger partial charge in [-0.3, -0.25) is 0 Å². The van der Waals surface area contributed by atoms with E-state index in [2.05, 4.69) is 21.0 Å². The van der Waals surface area contributed by atoms with E-state index in [1.807, 2.05) is 54.7 Å². The average molecular weight is 344 g/mol. The van der Waals surface area contributed by atoms with Gasteiger partial charge in [0.1, 0.15) is 11.4 Å². The van der Waals surface area contributed by atoms with Gasteiger partial charge in [-0.15, -0.1) is 0 Å². The zero-order valence-electron chi connectivity index (χ0n) is 11.5. The number of hydrogen-bond acceptors (Lipinski definition) is 3. The molecular formula is C16H14BrN3O. The number of rotatable bonds is 3.